The average molecular weight is 404 g/mol. The molecule has 1 N–H and O–H groups in total. The summed E-state index contributed by atoms with van der Waals surface area (Å²) in [4.78, 5) is 0. The highest BCUT2D eigenvalue weighted by Crippen LogP contribution is 2.35. The third-order valence-corrected chi connectivity index (χ3v) is 5.82. The SMILES string of the molecule is O=S1(=O)CCC(Nc2c(Br)cc(Cl)cc2Br)C1. The van der Waals surface area contributed by atoms with Crippen LogP contribution < -0.4 is 5.32 Å². The normalized spacial score (nSPS) is 22.6. The van der Waals surface area contributed by atoms with E-state index >= 15 is 0 Å². The van der Waals surface area contributed by atoms with E-state index in [0.29, 0.717) is 11.4 Å². The van der Waals surface area contributed by atoms with Crippen LogP contribution in [0.2, 0.25) is 5.02 Å². The second-order valence-corrected chi connectivity index (χ2v) is 8.36. The van der Waals surface area contributed by atoms with Crippen LogP contribution in [0.3, 0.4) is 0 Å². The third kappa shape index (κ3) is 3.36. The molecule has 2 rings (SSSR count). The van der Waals surface area contributed by atoms with Crippen LogP contribution in [-0.2, 0) is 9.84 Å². The second kappa shape index (κ2) is 5.07. The van der Waals surface area contributed by atoms with Crippen LogP contribution in [0.1, 0.15) is 6.42 Å². The number of hydrogen-bond acceptors (Lipinski definition) is 3. The number of sulfone groups is 1. The topological polar surface area (TPSA) is 46.2 Å². The van der Waals surface area contributed by atoms with Gasteiger partial charge in [0, 0.05) is 20.0 Å². The summed E-state index contributed by atoms with van der Waals surface area (Å²) in [7, 11) is -2.87. The molecule has 1 atom stereocenters. The lowest BCUT2D eigenvalue weighted by Gasteiger charge is -2.16. The van der Waals surface area contributed by atoms with Crippen molar-refractivity contribution in [3.8, 4) is 0 Å². The van der Waals surface area contributed by atoms with Crippen molar-refractivity contribution in [2.45, 2.75) is 12.5 Å². The van der Waals surface area contributed by atoms with E-state index in [-0.39, 0.29) is 17.5 Å². The van der Waals surface area contributed by atoms with Crippen LogP contribution in [0.5, 0.6) is 0 Å². The molecule has 1 unspecified atom stereocenters. The Hall–Kier alpha value is 0.220. The molecule has 94 valence electrons. The number of rotatable bonds is 2. The molecule has 1 saturated heterocycles. The second-order valence-electron chi connectivity index (χ2n) is 3.99. The highest BCUT2D eigenvalue weighted by atomic mass is 79.9. The molecule has 0 amide bonds. The Bertz CT molecular complexity index is 524. The molecule has 0 radical (unpaired) electrons. The zero-order valence-corrected chi connectivity index (χ0v) is 13.5. The fourth-order valence-corrected chi connectivity index (χ4v) is 5.36. The molecule has 1 aromatic carbocycles. The molecule has 17 heavy (non-hydrogen) atoms. The van der Waals surface area contributed by atoms with Crippen molar-refractivity contribution in [3.63, 3.8) is 0 Å². The average Bonchev–Trinajstić information content (AvgIpc) is 2.52. The van der Waals surface area contributed by atoms with E-state index in [2.05, 4.69) is 37.2 Å². The van der Waals surface area contributed by atoms with Crippen molar-refractivity contribution in [2.75, 3.05) is 16.8 Å². The maximum absolute atomic E-state index is 11.4. The molecule has 1 fully saturated rings. The predicted octanol–water partition coefficient (Wildman–Crippen LogP) is 3.46. The smallest absolute Gasteiger partial charge is 0.152 e. The van der Waals surface area contributed by atoms with Gasteiger partial charge in [-0.25, -0.2) is 8.42 Å². The highest BCUT2D eigenvalue weighted by Gasteiger charge is 2.28. The lowest BCUT2D eigenvalue weighted by Crippen LogP contribution is -2.21. The van der Waals surface area contributed by atoms with Crippen molar-refractivity contribution < 1.29 is 8.42 Å². The summed E-state index contributed by atoms with van der Waals surface area (Å²) in [5.41, 5.74) is 0.844. The van der Waals surface area contributed by atoms with Crippen LogP contribution in [0.15, 0.2) is 21.1 Å². The number of anilines is 1. The van der Waals surface area contributed by atoms with Crippen LogP contribution in [-0.4, -0.2) is 26.0 Å². The van der Waals surface area contributed by atoms with Crippen molar-refractivity contribution in [1.82, 2.24) is 0 Å². The first kappa shape index (κ1) is 13.6. The summed E-state index contributed by atoms with van der Waals surface area (Å²) in [6.45, 7) is 0. The molecular weight excluding hydrogens is 393 g/mol. The third-order valence-electron chi connectivity index (χ3n) is 2.59. The summed E-state index contributed by atoms with van der Waals surface area (Å²) in [6, 6.07) is 3.52. The number of halogens is 3. The first-order valence-corrected chi connectivity index (χ1v) is 8.77. The van der Waals surface area contributed by atoms with E-state index in [1.807, 2.05) is 0 Å². The van der Waals surface area contributed by atoms with E-state index in [4.69, 9.17) is 11.6 Å². The minimum absolute atomic E-state index is 0.0335. The van der Waals surface area contributed by atoms with Gasteiger partial charge in [0.15, 0.2) is 9.84 Å². The summed E-state index contributed by atoms with van der Waals surface area (Å²) in [6.07, 6.45) is 0.643. The lowest BCUT2D eigenvalue weighted by atomic mass is 10.2. The Morgan fingerprint density at radius 1 is 1.29 bits per heavy atom. The fraction of sp³-hybridized carbons (Fsp3) is 0.400. The molecule has 0 aliphatic carbocycles. The number of nitrogens with one attached hydrogen (secondary N) is 1. The molecule has 3 nitrogen and oxygen atoms in total. The van der Waals surface area contributed by atoms with Gasteiger partial charge < -0.3 is 5.32 Å². The van der Waals surface area contributed by atoms with Gasteiger partial charge in [0.1, 0.15) is 0 Å². The molecule has 0 aromatic heterocycles. The first-order valence-electron chi connectivity index (χ1n) is 4.99. The fourth-order valence-electron chi connectivity index (χ4n) is 1.79. The van der Waals surface area contributed by atoms with Gasteiger partial charge in [-0.2, -0.15) is 0 Å². The summed E-state index contributed by atoms with van der Waals surface area (Å²) in [5.74, 6) is 0.446. The Labute approximate surface area is 122 Å². The van der Waals surface area contributed by atoms with E-state index in [1.165, 1.54) is 0 Å². The minimum Gasteiger partial charge on any atom is -0.379 e. The summed E-state index contributed by atoms with van der Waals surface area (Å²) >= 11 is 12.7. The quantitative estimate of drug-likeness (QED) is 0.823. The summed E-state index contributed by atoms with van der Waals surface area (Å²) < 4.78 is 24.4. The molecule has 7 heteroatoms. The van der Waals surface area contributed by atoms with Gasteiger partial charge in [0.2, 0.25) is 0 Å². The molecule has 1 aromatic rings. The standard InChI is InChI=1S/C10H10Br2ClNO2S/c11-8-3-6(13)4-9(12)10(8)14-7-1-2-17(15,16)5-7/h3-4,7,14H,1-2,5H2. The minimum atomic E-state index is -2.87. The zero-order valence-electron chi connectivity index (χ0n) is 8.71. The lowest BCUT2D eigenvalue weighted by molar-refractivity contribution is 0.602. The molecule has 1 heterocycles. The highest BCUT2D eigenvalue weighted by molar-refractivity contribution is 9.11. The van der Waals surface area contributed by atoms with Crippen LogP contribution >= 0.6 is 43.5 Å². The number of hydrogen-bond donors (Lipinski definition) is 1. The van der Waals surface area contributed by atoms with Crippen molar-refractivity contribution in [2.24, 2.45) is 0 Å². The molecule has 1 aliphatic rings. The molecule has 1 aliphatic heterocycles. The molecule has 0 bridgehead atoms. The monoisotopic (exact) mass is 401 g/mol. The van der Waals surface area contributed by atoms with E-state index in [0.717, 1.165) is 14.6 Å². The van der Waals surface area contributed by atoms with Crippen molar-refractivity contribution in [3.05, 3.63) is 26.1 Å². The van der Waals surface area contributed by atoms with Gasteiger partial charge >= 0.3 is 0 Å². The Balaban J connectivity index is 2.20. The Kier molecular flexibility index (Phi) is 4.07. The van der Waals surface area contributed by atoms with E-state index < -0.39 is 9.84 Å². The van der Waals surface area contributed by atoms with E-state index in [1.54, 1.807) is 12.1 Å². The van der Waals surface area contributed by atoms with E-state index in [9.17, 15) is 8.42 Å². The number of benzene rings is 1. The van der Waals surface area contributed by atoms with Gasteiger partial charge in [-0.15, -0.1) is 0 Å². The van der Waals surface area contributed by atoms with Crippen molar-refractivity contribution >= 4 is 59.0 Å². The maximum atomic E-state index is 11.4. The van der Waals surface area contributed by atoms with Gasteiger partial charge in [0.05, 0.1) is 17.2 Å². The van der Waals surface area contributed by atoms with Crippen LogP contribution in [0, 0.1) is 0 Å². The van der Waals surface area contributed by atoms with Gasteiger partial charge in [-0.05, 0) is 50.4 Å². The van der Waals surface area contributed by atoms with Crippen molar-refractivity contribution in [1.29, 1.82) is 0 Å². The zero-order chi connectivity index (χ0) is 12.6. The Morgan fingerprint density at radius 3 is 2.35 bits per heavy atom. The first-order chi connectivity index (χ1) is 7.87. The van der Waals surface area contributed by atoms with Crippen LogP contribution in [0.4, 0.5) is 5.69 Å². The predicted molar refractivity (Wildman–Crippen MR) is 77.5 cm³/mol. The molecule has 0 spiro atoms. The van der Waals surface area contributed by atoms with Gasteiger partial charge in [0.25, 0.3) is 0 Å². The Morgan fingerprint density at radius 2 is 1.88 bits per heavy atom. The van der Waals surface area contributed by atoms with Gasteiger partial charge in [-0.3, -0.25) is 0 Å². The largest absolute Gasteiger partial charge is 0.379 e. The van der Waals surface area contributed by atoms with Gasteiger partial charge in [-0.1, -0.05) is 11.6 Å². The molecular formula is C10H10Br2ClNO2S. The molecule has 0 saturated carbocycles. The maximum Gasteiger partial charge on any atom is 0.152 e. The van der Waals surface area contributed by atoms with Crippen LogP contribution in [0.25, 0.3) is 0 Å². The summed E-state index contributed by atoms with van der Waals surface area (Å²) in [5, 5.41) is 3.85.